The van der Waals surface area contributed by atoms with Crippen molar-refractivity contribution in [3.05, 3.63) is 35.5 Å². The summed E-state index contributed by atoms with van der Waals surface area (Å²) in [6.45, 7) is 5.45. The first-order chi connectivity index (χ1) is 10.1. The Labute approximate surface area is 126 Å². The first-order valence-corrected chi connectivity index (χ1v) is 6.01. The number of ether oxygens (including phenoxy) is 2. The van der Waals surface area contributed by atoms with E-state index in [1.807, 2.05) is 0 Å². The highest BCUT2D eigenvalue weighted by molar-refractivity contribution is 6.00. The lowest BCUT2D eigenvalue weighted by atomic mass is 10.1. The molecule has 0 amide bonds. The number of hydrogen-bond acceptors (Lipinski definition) is 6. The number of rotatable bonds is 8. The van der Waals surface area contributed by atoms with Crippen LogP contribution in [0, 0.1) is 0 Å². The van der Waals surface area contributed by atoms with Crippen molar-refractivity contribution in [2.75, 3.05) is 13.2 Å². The molecule has 0 aromatic carbocycles. The van der Waals surface area contributed by atoms with Crippen LogP contribution in [0.25, 0.3) is 0 Å². The molecule has 0 aliphatic rings. The van der Waals surface area contributed by atoms with Gasteiger partial charge in [0, 0.05) is 17.2 Å². The minimum atomic E-state index is -1.44. The zero-order valence-corrected chi connectivity index (χ0v) is 12.1. The quantitative estimate of drug-likeness (QED) is 0.290. The second-order valence-electron chi connectivity index (χ2n) is 4.12. The maximum absolute atomic E-state index is 11.7. The van der Waals surface area contributed by atoms with Crippen molar-refractivity contribution < 1.29 is 38.9 Å². The summed E-state index contributed by atoms with van der Waals surface area (Å²) in [4.78, 5) is 44.0. The molecule has 0 atom stereocenters. The molecule has 0 bridgehead atoms. The molecule has 8 nitrogen and oxygen atoms in total. The second kappa shape index (κ2) is 9.11. The highest BCUT2D eigenvalue weighted by Gasteiger charge is 2.13. The van der Waals surface area contributed by atoms with Crippen LogP contribution in [0.1, 0.15) is 13.8 Å². The molecular formula is C14H16O8. The van der Waals surface area contributed by atoms with Gasteiger partial charge in [0.2, 0.25) is 0 Å². The third kappa shape index (κ3) is 7.63. The average molecular weight is 312 g/mol. The van der Waals surface area contributed by atoms with Gasteiger partial charge in [-0.15, -0.1) is 0 Å². The Hall–Kier alpha value is -2.90. The summed E-state index contributed by atoms with van der Waals surface area (Å²) < 4.78 is 9.37. The largest absolute Gasteiger partial charge is 0.478 e. The van der Waals surface area contributed by atoms with Gasteiger partial charge >= 0.3 is 23.9 Å². The molecule has 0 rings (SSSR count). The number of hydrogen-bond donors (Lipinski definition) is 2. The fraction of sp³-hybridized carbons (Fsp3) is 0.286. The number of carboxylic acid groups (broad SMARTS) is 2. The van der Waals surface area contributed by atoms with Crippen molar-refractivity contribution >= 4 is 23.9 Å². The van der Waals surface area contributed by atoms with Gasteiger partial charge in [-0.25, -0.2) is 19.2 Å². The van der Waals surface area contributed by atoms with E-state index in [2.05, 4.69) is 11.3 Å². The fourth-order valence-electron chi connectivity index (χ4n) is 1.06. The Kier molecular flexibility index (Phi) is 7.91. The van der Waals surface area contributed by atoms with Crippen LogP contribution < -0.4 is 0 Å². The molecule has 2 N–H and O–H groups in total. The smallest absolute Gasteiger partial charge is 0.338 e. The van der Waals surface area contributed by atoms with Crippen molar-refractivity contribution in [1.82, 2.24) is 0 Å². The number of carbonyl (C=O) groups excluding carboxylic acids is 2. The topological polar surface area (TPSA) is 127 Å². The summed E-state index contributed by atoms with van der Waals surface area (Å²) in [5.41, 5.74) is -0.505. The zero-order valence-electron chi connectivity index (χ0n) is 12.1. The summed E-state index contributed by atoms with van der Waals surface area (Å²) in [7, 11) is 0. The van der Waals surface area contributed by atoms with Crippen LogP contribution in [0.2, 0.25) is 0 Å². The Morgan fingerprint density at radius 2 is 1.45 bits per heavy atom. The lowest BCUT2D eigenvalue weighted by Crippen LogP contribution is -2.16. The molecule has 8 heteroatoms. The lowest BCUT2D eigenvalue weighted by molar-refractivity contribution is -0.147. The Bertz CT molecular complexity index is 553. The van der Waals surface area contributed by atoms with E-state index in [0.717, 1.165) is 6.08 Å². The van der Waals surface area contributed by atoms with E-state index >= 15 is 0 Å². The molecule has 0 radical (unpaired) electrons. The summed E-state index contributed by atoms with van der Waals surface area (Å²) in [6.07, 6.45) is 1.40. The second-order valence-corrected chi connectivity index (χ2v) is 4.12. The van der Waals surface area contributed by atoms with E-state index < -0.39 is 29.5 Å². The molecule has 0 spiro atoms. The van der Waals surface area contributed by atoms with Crippen LogP contribution in [0.5, 0.6) is 0 Å². The van der Waals surface area contributed by atoms with Gasteiger partial charge in [0.25, 0.3) is 0 Å². The molecule has 0 unspecified atom stereocenters. The molecule has 22 heavy (non-hydrogen) atoms. The van der Waals surface area contributed by atoms with Gasteiger partial charge in [-0.1, -0.05) is 6.58 Å². The first-order valence-electron chi connectivity index (χ1n) is 6.01. The molecule has 0 saturated heterocycles. The Morgan fingerprint density at radius 1 is 0.955 bits per heavy atom. The van der Waals surface area contributed by atoms with Gasteiger partial charge in [0.05, 0.1) is 5.57 Å². The predicted octanol–water partition coefficient (Wildman–Crippen LogP) is 0.691. The monoisotopic (exact) mass is 312 g/mol. The van der Waals surface area contributed by atoms with Crippen LogP contribution in [-0.2, 0) is 28.7 Å². The van der Waals surface area contributed by atoms with Crippen LogP contribution in [0.15, 0.2) is 35.5 Å². The van der Waals surface area contributed by atoms with Crippen molar-refractivity contribution in [2.24, 2.45) is 0 Å². The minimum Gasteiger partial charge on any atom is -0.478 e. The number of carboxylic acids is 2. The van der Waals surface area contributed by atoms with E-state index in [1.165, 1.54) is 13.8 Å². The number of carbonyl (C=O) groups is 4. The fourth-order valence-corrected chi connectivity index (χ4v) is 1.06. The average Bonchev–Trinajstić information content (AvgIpc) is 2.41. The van der Waals surface area contributed by atoms with E-state index in [1.54, 1.807) is 0 Å². The molecule has 0 aliphatic heterocycles. The van der Waals surface area contributed by atoms with E-state index in [4.69, 9.17) is 14.9 Å². The van der Waals surface area contributed by atoms with Gasteiger partial charge < -0.3 is 19.7 Å². The third-order valence-electron chi connectivity index (χ3n) is 2.12. The number of aliphatic carboxylic acids is 2. The molecule has 0 fully saturated rings. The van der Waals surface area contributed by atoms with Gasteiger partial charge in [0.15, 0.2) is 0 Å². The third-order valence-corrected chi connectivity index (χ3v) is 2.12. The van der Waals surface area contributed by atoms with Gasteiger partial charge in [-0.3, -0.25) is 0 Å². The number of esters is 2. The summed E-state index contributed by atoms with van der Waals surface area (Å²) in [5.74, 6) is -4.44. The molecule has 120 valence electrons. The molecule has 0 aromatic rings. The zero-order chi connectivity index (χ0) is 17.3. The van der Waals surface area contributed by atoms with Gasteiger partial charge in [0.1, 0.15) is 13.2 Å². The highest BCUT2D eigenvalue weighted by atomic mass is 16.6. The Balaban J connectivity index is 4.71. The van der Waals surface area contributed by atoms with Crippen LogP contribution in [0.4, 0.5) is 0 Å². The van der Waals surface area contributed by atoms with E-state index in [-0.39, 0.29) is 24.4 Å². The maximum Gasteiger partial charge on any atom is 0.338 e. The molecule has 0 aromatic heterocycles. The molecule has 0 saturated carbocycles. The van der Waals surface area contributed by atoms with Crippen molar-refractivity contribution in [3.8, 4) is 0 Å². The standard InChI is InChI=1S/C14H16O8/c1-8(2)13(19)21-4-5-22-14(20)10(7-11(15)16)6-9(3)12(17)18/h6-7H,1,4-5H2,2-3H3,(H,15,16)(H,17,18). The lowest BCUT2D eigenvalue weighted by Gasteiger charge is -2.07. The molecule has 0 aliphatic carbocycles. The summed E-state index contributed by atoms with van der Waals surface area (Å²) in [5, 5.41) is 17.4. The van der Waals surface area contributed by atoms with Crippen LogP contribution in [0.3, 0.4) is 0 Å². The van der Waals surface area contributed by atoms with E-state index in [9.17, 15) is 19.2 Å². The summed E-state index contributed by atoms with van der Waals surface area (Å²) in [6, 6.07) is 0. The molecule has 0 heterocycles. The SMILES string of the molecule is C=C(C)C(=O)OCCOC(=O)C(C=C(C)C(=O)O)=CC(=O)O. The highest BCUT2D eigenvalue weighted by Crippen LogP contribution is 2.06. The van der Waals surface area contributed by atoms with Crippen molar-refractivity contribution in [2.45, 2.75) is 13.8 Å². The Morgan fingerprint density at radius 3 is 1.86 bits per heavy atom. The van der Waals surface area contributed by atoms with Gasteiger partial charge in [-0.05, 0) is 19.9 Å². The van der Waals surface area contributed by atoms with Crippen LogP contribution in [-0.4, -0.2) is 47.3 Å². The van der Waals surface area contributed by atoms with Crippen molar-refractivity contribution in [3.63, 3.8) is 0 Å². The van der Waals surface area contributed by atoms with Crippen molar-refractivity contribution in [1.29, 1.82) is 0 Å². The van der Waals surface area contributed by atoms with Gasteiger partial charge in [-0.2, -0.15) is 0 Å². The normalized spacial score (nSPS) is 11.5. The first kappa shape index (κ1) is 19.1. The summed E-state index contributed by atoms with van der Waals surface area (Å²) >= 11 is 0. The van der Waals surface area contributed by atoms with E-state index in [0.29, 0.717) is 6.08 Å². The predicted molar refractivity (Wildman–Crippen MR) is 73.8 cm³/mol. The molecular weight excluding hydrogens is 296 g/mol. The van der Waals surface area contributed by atoms with Crippen LogP contribution >= 0.6 is 0 Å². The minimum absolute atomic E-state index is 0.179. The maximum atomic E-state index is 11.7.